The summed E-state index contributed by atoms with van der Waals surface area (Å²) in [5, 5.41) is 28.2. The molecule has 0 radical (unpaired) electrons. The lowest BCUT2D eigenvalue weighted by molar-refractivity contribution is -0.384. The Morgan fingerprint density at radius 1 is 1.29 bits per heavy atom. The molecule has 0 aliphatic carbocycles. The molecule has 6 nitrogen and oxygen atoms in total. The highest BCUT2D eigenvalue weighted by Crippen LogP contribution is 2.23. The molecule has 2 aromatic rings. The number of anilines is 1. The lowest BCUT2D eigenvalue weighted by atomic mass is 10.0. The fourth-order valence-electron chi connectivity index (χ4n) is 2.99. The average Bonchev–Trinajstić information content (AvgIpc) is 3.15. The molecule has 1 fully saturated rings. The zero-order chi connectivity index (χ0) is 16.9. The van der Waals surface area contributed by atoms with E-state index < -0.39 is 6.10 Å². The van der Waals surface area contributed by atoms with Crippen LogP contribution < -0.4 is 10.2 Å². The van der Waals surface area contributed by atoms with Crippen LogP contribution in [0.25, 0.3) is 0 Å². The van der Waals surface area contributed by atoms with Crippen molar-refractivity contribution in [2.45, 2.75) is 25.0 Å². The summed E-state index contributed by atoms with van der Waals surface area (Å²) in [6.45, 7) is 2.38. The van der Waals surface area contributed by atoms with Crippen LogP contribution in [0.1, 0.15) is 24.5 Å². The molecule has 1 unspecified atom stereocenters. The van der Waals surface area contributed by atoms with Gasteiger partial charge in [-0.2, -0.15) is 11.3 Å². The summed E-state index contributed by atoms with van der Waals surface area (Å²) in [5.41, 5.74) is 2.12. The van der Waals surface area contributed by atoms with Crippen molar-refractivity contribution < 1.29 is 10.0 Å². The molecule has 0 spiro atoms. The minimum atomic E-state index is -0.455. The molecule has 1 aromatic heterocycles. The van der Waals surface area contributed by atoms with Crippen molar-refractivity contribution in [2.24, 2.45) is 0 Å². The number of thiophene rings is 1. The van der Waals surface area contributed by atoms with Gasteiger partial charge in [-0.1, -0.05) is 0 Å². The Hall–Kier alpha value is -1.96. The molecule has 0 saturated carbocycles. The molecule has 24 heavy (non-hydrogen) atoms. The van der Waals surface area contributed by atoms with Gasteiger partial charge in [0.1, 0.15) is 0 Å². The van der Waals surface area contributed by atoms with Gasteiger partial charge in [-0.15, -0.1) is 0 Å². The number of nitrogens with one attached hydrogen (secondary N) is 1. The van der Waals surface area contributed by atoms with Crippen LogP contribution in [0.2, 0.25) is 0 Å². The highest BCUT2D eigenvalue weighted by molar-refractivity contribution is 7.07. The zero-order valence-corrected chi connectivity index (χ0v) is 14.1. The van der Waals surface area contributed by atoms with E-state index >= 15 is 0 Å². The third kappa shape index (κ3) is 4.11. The van der Waals surface area contributed by atoms with E-state index in [4.69, 9.17) is 0 Å². The first-order chi connectivity index (χ1) is 11.6. The number of rotatable bonds is 6. The molecule has 1 aromatic carbocycles. The van der Waals surface area contributed by atoms with Crippen molar-refractivity contribution in [1.82, 2.24) is 5.32 Å². The van der Waals surface area contributed by atoms with Crippen LogP contribution >= 0.6 is 11.3 Å². The summed E-state index contributed by atoms with van der Waals surface area (Å²) in [7, 11) is 0. The molecule has 7 heteroatoms. The summed E-state index contributed by atoms with van der Waals surface area (Å²) in [4.78, 5) is 12.6. The fraction of sp³-hybridized carbons (Fsp3) is 0.412. The Kier molecular flexibility index (Phi) is 5.44. The number of piperidine rings is 1. The van der Waals surface area contributed by atoms with Gasteiger partial charge in [-0.3, -0.25) is 10.1 Å². The quantitative estimate of drug-likeness (QED) is 0.620. The Morgan fingerprint density at radius 2 is 2.00 bits per heavy atom. The van der Waals surface area contributed by atoms with Crippen molar-refractivity contribution in [3.8, 4) is 0 Å². The predicted octanol–water partition coefficient (Wildman–Crippen LogP) is 2.95. The van der Waals surface area contributed by atoms with Gasteiger partial charge in [0.05, 0.1) is 11.0 Å². The lowest BCUT2D eigenvalue weighted by Crippen LogP contribution is -2.43. The van der Waals surface area contributed by atoms with Crippen LogP contribution in [0.4, 0.5) is 11.4 Å². The SMILES string of the molecule is O=[N+]([O-])c1ccc(N2CCC(NCC(O)c3ccsc3)CC2)cc1. The number of nitro groups is 1. The summed E-state index contributed by atoms with van der Waals surface area (Å²) in [6, 6.07) is 9.08. The monoisotopic (exact) mass is 347 g/mol. The van der Waals surface area contributed by atoms with E-state index in [-0.39, 0.29) is 10.6 Å². The smallest absolute Gasteiger partial charge is 0.269 e. The molecule has 0 bridgehead atoms. The molecule has 1 atom stereocenters. The maximum Gasteiger partial charge on any atom is 0.269 e. The molecule has 2 heterocycles. The third-order valence-electron chi connectivity index (χ3n) is 4.45. The van der Waals surface area contributed by atoms with E-state index in [9.17, 15) is 15.2 Å². The third-order valence-corrected chi connectivity index (χ3v) is 5.15. The van der Waals surface area contributed by atoms with Gasteiger partial charge < -0.3 is 15.3 Å². The number of nitro benzene ring substituents is 1. The second-order valence-electron chi connectivity index (χ2n) is 6.02. The summed E-state index contributed by atoms with van der Waals surface area (Å²) in [6.07, 6.45) is 1.53. The largest absolute Gasteiger partial charge is 0.387 e. The van der Waals surface area contributed by atoms with Crippen molar-refractivity contribution in [1.29, 1.82) is 0 Å². The van der Waals surface area contributed by atoms with Gasteiger partial charge in [0.15, 0.2) is 0 Å². The molecule has 128 valence electrons. The molecule has 1 aliphatic rings. The van der Waals surface area contributed by atoms with E-state index in [2.05, 4.69) is 10.2 Å². The molecular weight excluding hydrogens is 326 g/mol. The maximum absolute atomic E-state index is 10.7. The van der Waals surface area contributed by atoms with Crippen LogP contribution in [0.3, 0.4) is 0 Å². The highest BCUT2D eigenvalue weighted by Gasteiger charge is 2.20. The first-order valence-corrected chi connectivity index (χ1v) is 9.00. The van der Waals surface area contributed by atoms with Crippen molar-refractivity contribution in [3.63, 3.8) is 0 Å². The van der Waals surface area contributed by atoms with Crippen LogP contribution in [0.15, 0.2) is 41.1 Å². The fourth-order valence-corrected chi connectivity index (χ4v) is 3.69. The number of aliphatic hydroxyl groups excluding tert-OH is 1. The van der Waals surface area contributed by atoms with Crippen LogP contribution in [0, 0.1) is 10.1 Å². The van der Waals surface area contributed by atoms with E-state index in [1.165, 1.54) is 0 Å². The topological polar surface area (TPSA) is 78.6 Å². The molecule has 2 N–H and O–H groups in total. The minimum absolute atomic E-state index is 0.123. The number of hydrogen-bond acceptors (Lipinski definition) is 6. The van der Waals surface area contributed by atoms with E-state index in [1.807, 2.05) is 29.0 Å². The van der Waals surface area contributed by atoms with Crippen molar-refractivity contribution >= 4 is 22.7 Å². The van der Waals surface area contributed by atoms with Gasteiger partial charge in [-0.05, 0) is 47.4 Å². The van der Waals surface area contributed by atoms with Crippen LogP contribution in [0.5, 0.6) is 0 Å². The first-order valence-electron chi connectivity index (χ1n) is 8.06. The molecular formula is C17H21N3O3S. The molecule has 3 rings (SSSR count). The predicted molar refractivity (Wildman–Crippen MR) is 95.6 cm³/mol. The summed E-state index contributed by atoms with van der Waals surface area (Å²) in [5.74, 6) is 0. The number of non-ortho nitro benzene ring substituents is 1. The average molecular weight is 347 g/mol. The standard InChI is InChI=1S/C17H21N3O3S/c21-17(13-7-10-24-12-13)11-18-14-5-8-19(9-6-14)15-1-3-16(4-2-15)20(22)23/h1-4,7,10,12,14,17-18,21H,5-6,8-9,11H2. The number of benzene rings is 1. The van der Waals surface area contributed by atoms with E-state index in [0.29, 0.717) is 12.6 Å². The van der Waals surface area contributed by atoms with Gasteiger partial charge in [-0.25, -0.2) is 0 Å². The zero-order valence-electron chi connectivity index (χ0n) is 13.3. The van der Waals surface area contributed by atoms with E-state index in [0.717, 1.165) is 37.2 Å². The van der Waals surface area contributed by atoms with E-state index in [1.54, 1.807) is 23.5 Å². The highest BCUT2D eigenvalue weighted by atomic mass is 32.1. The lowest BCUT2D eigenvalue weighted by Gasteiger charge is -2.34. The second kappa shape index (κ2) is 7.74. The maximum atomic E-state index is 10.7. The Morgan fingerprint density at radius 3 is 2.58 bits per heavy atom. The summed E-state index contributed by atoms with van der Waals surface area (Å²) < 4.78 is 0. The number of hydrogen-bond donors (Lipinski definition) is 2. The molecule has 1 saturated heterocycles. The van der Waals surface area contributed by atoms with Crippen molar-refractivity contribution in [2.75, 3.05) is 24.5 Å². The normalized spacial score (nSPS) is 17.0. The second-order valence-corrected chi connectivity index (χ2v) is 6.80. The van der Waals surface area contributed by atoms with Gasteiger partial charge in [0.25, 0.3) is 5.69 Å². The van der Waals surface area contributed by atoms with Crippen LogP contribution in [-0.4, -0.2) is 35.7 Å². The minimum Gasteiger partial charge on any atom is -0.387 e. The molecule has 1 aliphatic heterocycles. The van der Waals surface area contributed by atoms with Gasteiger partial charge in [0, 0.05) is 43.5 Å². The Balaban J connectivity index is 1.46. The van der Waals surface area contributed by atoms with Crippen LogP contribution in [-0.2, 0) is 0 Å². The first kappa shape index (κ1) is 16.9. The summed E-state index contributed by atoms with van der Waals surface area (Å²) >= 11 is 1.59. The van der Waals surface area contributed by atoms with Gasteiger partial charge >= 0.3 is 0 Å². The number of nitrogens with zero attached hydrogens (tertiary/aromatic N) is 2. The van der Waals surface area contributed by atoms with Crippen molar-refractivity contribution in [3.05, 3.63) is 56.8 Å². The Labute approximate surface area is 144 Å². The number of aliphatic hydroxyl groups is 1. The molecule has 0 amide bonds. The Bertz CT molecular complexity index is 652. The van der Waals surface area contributed by atoms with Gasteiger partial charge in [0.2, 0.25) is 0 Å².